The molecule has 1 aliphatic rings. The van der Waals surface area contributed by atoms with E-state index < -0.39 is 47.6 Å². The molecule has 164 valence electrons. The van der Waals surface area contributed by atoms with E-state index >= 15 is 0 Å². The molecule has 0 saturated carbocycles. The van der Waals surface area contributed by atoms with Gasteiger partial charge in [0.1, 0.15) is 46.5 Å². The summed E-state index contributed by atoms with van der Waals surface area (Å²) in [7, 11) is 0. The van der Waals surface area contributed by atoms with E-state index in [0.29, 0.717) is 5.56 Å². The highest BCUT2D eigenvalue weighted by Crippen LogP contribution is 2.36. The monoisotopic (exact) mass is 432 g/mol. The lowest BCUT2D eigenvalue weighted by Gasteiger charge is -2.38. The molecule has 10 heteroatoms. The SMILES string of the molecule is CC1O[C@@H](Oc2cc(O)c3c(=O)c(O)c(-c4ccc(O)cc4)oc3c2)C(O)[C@@H](O)[C@H]1O. The van der Waals surface area contributed by atoms with Gasteiger partial charge in [0, 0.05) is 17.7 Å². The fraction of sp³-hybridized carbons (Fsp3) is 0.286. The molecule has 3 aromatic rings. The first-order valence-electron chi connectivity index (χ1n) is 9.36. The number of rotatable bonds is 3. The van der Waals surface area contributed by atoms with Gasteiger partial charge in [-0.25, -0.2) is 0 Å². The molecule has 0 spiro atoms. The molecule has 6 N–H and O–H groups in total. The van der Waals surface area contributed by atoms with Gasteiger partial charge in [0.25, 0.3) is 0 Å². The number of phenols is 2. The summed E-state index contributed by atoms with van der Waals surface area (Å²) in [6, 6.07) is 7.87. The van der Waals surface area contributed by atoms with Gasteiger partial charge in [0.2, 0.25) is 17.5 Å². The predicted molar refractivity (Wildman–Crippen MR) is 106 cm³/mol. The van der Waals surface area contributed by atoms with Crippen LogP contribution in [0.3, 0.4) is 0 Å². The van der Waals surface area contributed by atoms with Gasteiger partial charge in [-0.05, 0) is 31.2 Å². The third kappa shape index (κ3) is 3.66. The molecule has 2 aromatic carbocycles. The summed E-state index contributed by atoms with van der Waals surface area (Å²) in [6.45, 7) is 1.49. The maximum Gasteiger partial charge on any atom is 0.238 e. The van der Waals surface area contributed by atoms with Crippen molar-refractivity contribution in [1.29, 1.82) is 0 Å². The lowest BCUT2D eigenvalue weighted by atomic mass is 10.00. The van der Waals surface area contributed by atoms with Crippen LogP contribution >= 0.6 is 0 Å². The van der Waals surface area contributed by atoms with Crippen molar-refractivity contribution in [1.82, 2.24) is 0 Å². The third-order valence-electron chi connectivity index (χ3n) is 5.11. The Labute approximate surface area is 174 Å². The number of hydrogen-bond acceptors (Lipinski definition) is 10. The maximum absolute atomic E-state index is 12.6. The fourth-order valence-electron chi connectivity index (χ4n) is 3.39. The molecule has 2 heterocycles. The van der Waals surface area contributed by atoms with E-state index in [2.05, 4.69) is 0 Å². The Balaban J connectivity index is 1.76. The molecule has 4 rings (SSSR count). The second-order valence-electron chi connectivity index (χ2n) is 7.27. The number of phenolic OH excluding ortho intramolecular Hbond substituents is 2. The number of benzene rings is 2. The number of fused-ring (bicyclic) bond motifs is 1. The number of aliphatic hydroxyl groups excluding tert-OH is 3. The van der Waals surface area contributed by atoms with Gasteiger partial charge in [-0.2, -0.15) is 0 Å². The molecule has 1 saturated heterocycles. The van der Waals surface area contributed by atoms with Gasteiger partial charge in [0.15, 0.2) is 5.76 Å². The highest BCUT2D eigenvalue weighted by Gasteiger charge is 2.43. The first-order valence-corrected chi connectivity index (χ1v) is 9.36. The highest BCUT2D eigenvalue weighted by molar-refractivity contribution is 5.88. The molecule has 5 atom stereocenters. The predicted octanol–water partition coefficient (Wildman–Crippen LogP) is 0.783. The molecule has 0 aliphatic carbocycles. The van der Waals surface area contributed by atoms with Crippen LogP contribution in [0.1, 0.15) is 6.92 Å². The van der Waals surface area contributed by atoms with Crippen LogP contribution in [-0.4, -0.2) is 61.3 Å². The Kier molecular flexibility index (Phi) is 5.23. The second kappa shape index (κ2) is 7.75. The van der Waals surface area contributed by atoms with E-state index in [1.165, 1.54) is 37.3 Å². The van der Waals surface area contributed by atoms with Crippen molar-refractivity contribution in [2.75, 3.05) is 0 Å². The van der Waals surface area contributed by atoms with Crippen molar-refractivity contribution < 1.29 is 44.5 Å². The number of ether oxygens (including phenoxy) is 2. The van der Waals surface area contributed by atoms with Crippen LogP contribution in [0.4, 0.5) is 0 Å². The van der Waals surface area contributed by atoms with Gasteiger partial charge >= 0.3 is 0 Å². The van der Waals surface area contributed by atoms with Crippen molar-refractivity contribution >= 4 is 11.0 Å². The van der Waals surface area contributed by atoms with Crippen LogP contribution in [0.15, 0.2) is 45.6 Å². The number of aliphatic hydroxyl groups is 3. The molecule has 10 nitrogen and oxygen atoms in total. The van der Waals surface area contributed by atoms with Crippen LogP contribution in [0.25, 0.3) is 22.3 Å². The molecular weight excluding hydrogens is 412 g/mol. The van der Waals surface area contributed by atoms with Crippen molar-refractivity contribution in [3.8, 4) is 34.3 Å². The summed E-state index contributed by atoms with van der Waals surface area (Å²) < 4.78 is 16.5. The van der Waals surface area contributed by atoms with Gasteiger partial charge in [-0.3, -0.25) is 4.79 Å². The van der Waals surface area contributed by atoms with E-state index in [9.17, 15) is 35.4 Å². The molecule has 2 unspecified atom stereocenters. The van der Waals surface area contributed by atoms with Crippen molar-refractivity contribution in [3.05, 3.63) is 46.6 Å². The summed E-state index contributed by atoms with van der Waals surface area (Å²) in [5, 5.41) is 59.6. The fourth-order valence-corrected chi connectivity index (χ4v) is 3.39. The average molecular weight is 432 g/mol. The lowest BCUT2D eigenvalue weighted by Crippen LogP contribution is -2.58. The van der Waals surface area contributed by atoms with Crippen molar-refractivity contribution in [3.63, 3.8) is 0 Å². The topological polar surface area (TPSA) is 170 Å². The van der Waals surface area contributed by atoms with Gasteiger partial charge in [0.05, 0.1) is 6.10 Å². The zero-order valence-electron chi connectivity index (χ0n) is 16.2. The zero-order chi connectivity index (χ0) is 22.4. The van der Waals surface area contributed by atoms with E-state index in [-0.39, 0.29) is 28.2 Å². The highest BCUT2D eigenvalue weighted by atomic mass is 16.7. The minimum atomic E-state index is -1.58. The maximum atomic E-state index is 12.6. The molecule has 0 amide bonds. The molecule has 1 aromatic heterocycles. The van der Waals surface area contributed by atoms with Crippen LogP contribution < -0.4 is 10.2 Å². The number of aromatic hydroxyl groups is 3. The van der Waals surface area contributed by atoms with Crippen LogP contribution in [0.5, 0.6) is 23.0 Å². The number of hydrogen-bond donors (Lipinski definition) is 6. The first kappa shape index (κ1) is 20.9. The minimum absolute atomic E-state index is 0.0210. The van der Waals surface area contributed by atoms with Crippen molar-refractivity contribution in [2.45, 2.75) is 37.6 Å². The van der Waals surface area contributed by atoms with Crippen molar-refractivity contribution in [2.24, 2.45) is 0 Å². The zero-order valence-corrected chi connectivity index (χ0v) is 16.2. The first-order chi connectivity index (χ1) is 14.7. The third-order valence-corrected chi connectivity index (χ3v) is 5.11. The normalized spacial score (nSPS) is 26.1. The summed E-state index contributed by atoms with van der Waals surface area (Å²) >= 11 is 0. The Morgan fingerprint density at radius 2 is 1.61 bits per heavy atom. The van der Waals surface area contributed by atoms with E-state index in [1.807, 2.05) is 0 Å². The minimum Gasteiger partial charge on any atom is -0.508 e. The molecule has 31 heavy (non-hydrogen) atoms. The summed E-state index contributed by atoms with van der Waals surface area (Å²) in [6.07, 6.45) is -6.62. The lowest BCUT2D eigenvalue weighted by molar-refractivity contribution is -0.268. The molecule has 0 radical (unpaired) electrons. The van der Waals surface area contributed by atoms with E-state index in [1.54, 1.807) is 0 Å². The van der Waals surface area contributed by atoms with Crippen LogP contribution in [0, 0.1) is 0 Å². The van der Waals surface area contributed by atoms with E-state index in [0.717, 1.165) is 6.07 Å². The van der Waals surface area contributed by atoms with Gasteiger partial charge in [-0.1, -0.05) is 0 Å². The molecule has 1 fully saturated rings. The summed E-state index contributed by atoms with van der Waals surface area (Å²) in [5.41, 5.74) is -0.702. The van der Waals surface area contributed by atoms with Gasteiger partial charge in [-0.15, -0.1) is 0 Å². The van der Waals surface area contributed by atoms with Gasteiger partial charge < -0.3 is 44.5 Å². The van der Waals surface area contributed by atoms with Crippen LogP contribution in [-0.2, 0) is 4.74 Å². The van der Waals surface area contributed by atoms with Crippen LogP contribution in [0.2, 0.25) is 0 Å². The molecule has 0 bridgehead atoms. The molecule has 1 aliphatic heterocycles. The quantitative estimate of drug-likeness (QED) is 0.348. The smallest absolute Gasteiger partial charge is 0.238 e. The standard InChI is InChI=1S/C21H20O10/c1-8-15(24)17(26)19(28)21(29-8)30-11-6-12(23)14-13(7-11)31-20(18(27)16(14)25)9-2-4-10(22)5-3-9/h2-8,15,17,19,21-24,26-28H,1H3/t8?,15-,17-,19?,21-/m0/s1. The second-order valence-corrected chi connectivity index (χ2v) is 7.27. The summed E-state index contributed by atoms with van der Waals surface area (Å²) in [4.78, 5) is 12.6. The Hall–Kier alpha value is -3.31. The Morgan fingerprint density at radius 1 is 0.935 bits per heavy atom. The average Bonchev–Trinajstić information content (AvgIpc) is 2.73. The Morgan fingerprint density at radius 3 is 2.29 bits per heavy atom. The summed E-state index contributed by atoms with van der Waals surface area (Å²) in [5.74, 6) is -1.54. The Bertz CT molecular complexity index is 1170. The molecular formula is C21H20O10. The van der Waals surface area contributed by atoms with E-state index in [4.69, 9.17) is 13.9 Å². The largest absolute Gasteiger partial charge is 0.508 e.